The third-order valence-electron chi connectivity index (χ3n) is 3.82. The lowest BCUT2D eigenvalue weighted by Gasteiger charge is -2.53. The molecule has 3 rings (SSSR count). The molecule has 1 heterocycles. The smallest absolute Gasteiger partial charge is 0.0466 e. The molecule has 2 aromatic carbocycles. The molecule has 0 aliphatic carbocycles. The maximum atomic E-state index is 2.35. The van der Waals surface area contributed by atoms with E-state index in [4.69, 9.17) is 0 Å². The molecule has 0 amide bonds. The highest BCUT2D eigenvalue weighted by Crippen LogP contribution is 2.62. The first-order chi connectivity index (χ1) is 9.10. The molecule has 0 bridgehead atoms. The zero-order chi connectivity index (χ0) is 13.3. The molecule has 1 unspecified atom stereocenters. The van der Waals surface area contributed by atoms with Gasteiger partial charge < -0.3 is 0 Å². The van der Waals surface area contributed by atoms with E-state index in [1.54, 1.807) is 0 Å². The number of thioether (sulfide) groups is 1. The Morgan fingerprint density at radius 1 is 0.895 bits per heavy atom. The summed E-state index contributed by atoms with van der Waals surface area (Å²) in [5.74, 6) is 0. The van der Waals surface area contributed by atoms with Crippen LogP contribution in [0.25, 0.3) is 0 Å². The van der Waals surface area contributed by atoms with E-state index in [2.05, 4.69) is 86.3 Å². The van der Waals surface area contributed by atoms with Gasteiger partial charge in [-0.05, 0) is 24.0 Å². The normalized spacial score (nSPS) is 24.7. The predicted octanol–water partition coefficient (Wildman–Crippen LogP) is 5.04. The molecule has 1 aliphatic heterocycles. The quantitative estimate of drug-likeness (QED) is 0.751. The average molecular weight is 268 g/mol. The van der Waals surface area contributed by atoms with Crippen molar-refractivity contribution in [3.05, 3.63) is 71.8 Å². The molecule has 1 fully saturated rings. The SMILES string of the molecule is CC1(C)CC(Cc2ccccc2)(c2ccccc2)S1. The molecule has 0 saturated carbocycles. The van der Waals surface area contributed by atoms with Gasteiger partial charge in [-0.25, -0.2) is 0 Å². The van der Waals surface area contributed by atoms with Crippen molar-refractivity contribution in [2.75, 3.05) is 0 Å². The summed E-state index contributed by atoms with van der Waals surface area (Å²) in [6, 6.07) is 21.9. The lowest BCUT2D eigenvalue weighted by atomic mass is 9.82. The van der Waals surface area contributed by atoms with Gasteiger partial charge >= 0.3 is 0 Å². The van der Waals surface area contributed by atoms with E-state index in [1.807, 2.05) is 0 Å². The van der Waals surface area contributed by atoms with E-state index in [0.29, 0.717) is 4.75 Å². The molecule has 1 saturated heterocycles. The lowest BCUT2D eigenvalue weighted by molar-refractivity contribution is 0.430. The highest BCUT2D eigenvalue weighted by atomic mass is 32.2. The summed E-state index contributed by atoms with van der Waals surface area (Å²) < 4.78 is 0.677. The Hall–Kier alpha value is -1.21. The van der Waals surface area contributed by atoms with E-state index in [1.165, 1.54) is 17.5 Å². The number of hydrogen-bond donors (Lipinski definition) is 0. The third kappa shape index (κ3) is 2.57. The minimum Gasteiger partial charge on any atom is -0.144 e. The summed E-state index contributed by atoms with van der Waals surface area (Å²) in [6.45, 7) is 4.70. The Morgan fingerprint density at radius 2 is 1.42 bits per heavy atom. The van der Waals surface area contributed by atoms with Crippen LogP contribution >= 0.6 is 11.8 Å². The second-order valence-corrected chi connectivity index (χ2v) is 8.15. The molecule has 0 N–H and O–H groups in total. The fraction of sp³-hybridized carbons (Fsp3) is 0.333. The minimum atomic E-state index is 0.270. The Kier molecular flexibility index (Phi) is 3.18. The molecule has 0 aromatic heterocycles. The fourth-order valence-electron chi connectivity index (χ4n) is 3.24. The van der Waals surface area contributed by atoms with Crippen LogP contribution in [-0.4, -0.2) is 4.75 Å². The van der Waals surface area contributed by atoms with E-state index < -0.39 is 0 Å². The van der Waals surface area contributed by atoms with Crippen molar-refractivity contribution >= 4 is 11.8 Å². The van der Waals surface area contributed by atoms with Gasteiger partial charge in [0.05, 0.1) is 0 Å². The molecule has 1 atom stereocenters. The number of hydrogen-bond acceptors (Lipinski definition) is 1. The topological polar surface area (TPSA) is 0 Å². The standard InChI is InChI=1S/C18H20S/c1-17(2)14-18(19-17,16-11-7-4-8-12-16)13-15-9-5-3-6-10-15/h3-12H,13-14H2,1-2H3. The molecule has 1 aliphatic rings. The van der Waals surface area contributed by atoms with Crippen molar-refractivity contribution in [3.8, 4) is 0 Å². The highest BCUT2D eigenvalue weighted by molar-refractivity contribution is 8.03. The van der Waals surface area contributed by atoms with E-state index in [-0.39, 0.29) is 4.75 Å². The second-order valence-electron chi connectivity index (χ2n) is 6.06. The van der Waals surface area contributed by atoms with Crippen molar-refractivity contribution in [2.24, 2.45) is 0 Å². The van der Waals surface area contributed by atoms with Gasteiger partial charge in [-0.15, -0.1) is 11.8 Å². The summed E-state index contributed by atoms with van der Waals surface area (Å²) in [4.78, 5) is 0. The molecule has 0 radical (unpaired) electrons. The summed E-state index contributed by atoms with van der Waals surface area (Å²) in [6.07, 6.45) is 2.38. The maximum Gasteiger partial charge on any atom is 0.0466 e. The molecule has 0 nitrogen and oxygen atoms in total. The van der Waals surface area contributed by atoms with Crippen LogP contribution in [-0.2, 0) is 11.2 Å². The zero-order valence-electron chi connectivity index (χ0n) is 11.6. The van der Waals surface area contributed by atoms with Crippen LogP contribution in [0.15, 0.2) is 60.7 Å². The number of rotatable bonds is 3. The minimum absolute atomic E-state index is 0.270. The summed E-state index contributed by atoms with van der Waals surface area (Å²) in [5, 5.41) is 0. The Bertz CT molecular complexity index is 534. The average Bonchev–Trinajstić information content (AvgIpc) is 2.38. The van der Waals surface area contributed by atoms with E-state index in [0.717, 1.165) is 6.42 Å². The Labute approximate surface area is 120 Å². The van der Waals surface area contributed by atoms with Gasteiger partial charge in [0.25, 0.3) is 0 Å². The summed E-state index contributed by atoms with van der Waals surface area (Å²) in [5.41, 5.74) is 2.91. The van der Waals surface area contributed by atoms with Crippen LogP contribution in [0.3, 0.4) is 0 Å². The van der Waals surface area contributed by atoms with Crippen LogP contribution < -0.4 is 0 Å². The number of benzene rings is 2. The van der Waals surface area contributed by atoms with Crippen LogP contribution in [0.5, 0.6) is 0 Å². The maximum absolute atomic E-state index is 2.35. The lowest BCUT2D eigenvalue weighted by Crippen LogP contribution is -2.46. The molecular formula is C18H20S. The summed E-state index contributed by atoms with van der Waals surface area (Å²) in [7, 11) is 0. The summed E-state index contributed by atoms with van der Waals surface area (Å²) >= 11 is 2.13. The van der Waals surface area contributed by atoms with Crippen molar-refractivity contribution in [3.63, 3.8) is 0 Å². The first-order valence-electron chi connectivity index (χ1n) is 6.89. The van der Waals surface area contributed by atoms with Gasteiger partial charge in [-0.3, -0.25) is 0 Å². The third-order valence-corrected chi connectivity index (χ3v) is 5.43. The fourth-order valence-corrected chi connectivity index (χ4v) is 5.29. The predicted molar refractivity (Wildman–Crippen MR) is 84.6 cm³/mol. The van der Waals surface area contributed by atoms with Crippen molar-refractivity contribution in [2.45, 2.75) is 36.2 Å². The van der Waals surface area contributed by atoms with Gasteiger partial charge in [0.15, 0.2) is 0 Å². The van der Waals surface area contributed by atoms with Gasteiger partial charge in [-0.1, -0.05) is 74.5 Å². The first kappa shape index (κ1) is 12.8. The zero-order valence-corrected chi connectivity index (χ0v) is 12.4. The first-order valence-corrected chi connectivity index (χ1v) is 7.71. The highest BCUT2D eigenvalue weighted by Gasteiger charge is 2.50. The van der Waals surface area contributed by atoms with Gasteiger partial charge in [-0.2, -0.15) is 0 Å². The van der Waals surface area contributed by atoms with Crippen LogP contribution in [0, 0.1) is 0 Å². The van der Waals surface area contributed by atoms with Gasteiger partial charge in [0.1, 0.15) is 0 Å². The van der Waals surface area contributed by atoms with Crippen LogP contribution in [0.1, 0.15) is 31.4 Å². The van der Waals surface area contributed by atoms with E-state index >= 15 is 0 Å². The molecule has 19 heavy (non-hydrogen) atoms. The monoisotopic (exact) mass is 268 g/mol. The van der Waals surface area contributed by atoms with Crippen LogP contribution in [0.2, 0.25) is 0 Å². The van der Waals surface area contributed by atoms with Gasteiger partial charge in [0, 0.05) is 9.49 Å². The van der Waals surface area contributed by atoms with Gasteiger partial charge in [0.2, 0.25) is 0 Å². The molecule has 1 heteroatoms. The van der Waals surface area contributed by atoms with Crippen molar-refractivity contribution < 1.29 is 0 Å². The largest absolute Gasteiger partial charge is 0.144 e. The second kappa shape index (κ2) is 4.72. The Balaban J connectivity index is 1.91. The Morgan fingerprint density at radius 3 is 1.95 bits per heavy atom. The van der Waals surface area contributed by atoms with Crippen LogP contribution in [0.4, 0.5) is 0 Å². The van der Waals surface area contributed by atoms with Crippen molar-refractivity contribution in [1.29, 1.82) is 0 Å². The molecular weight excluding hydrogens is 248 g/mol. The molecule has 98 valence electrons. The molecule has 0 spiro atoms. The van der Waals surface area contributed by atoms with Crippen molar-refractivity contribution in [1.82, 2.24) is 0 Å². The molecule has 2 aromatic rings. The van der Waals surface area contributed by atoms with E-state index in [9.17, 15) is 0 Å².